The lowest BCUT2D eigenvalue weighted by Crippen LogP contribution is -2.78. The summed E-state index contributed by atoms with van der Waals surface area (Å²) in [6, 6.07) is -2.08. The molecule has 9 nitrogen and oxygen atoms in total. The third kappa shape index (κ3) is 7.21. The molecule has 0 saturated carbocycles. The summed E-state index contributed by atoms with van der Waals surface area (Å²) in [7, 11) is 0. The van der Waals surface area contributed by atoms with Crippen molar-refractivity contribution in [1.82, 2.24) is 5.32 Å². The molecule has 0 saturated heterocycles. The quantitative estimate of drug-likeness (QED) is 0.145. The Bertz CT molecular complexity index is 341. The van der Waals surface area contributed by atoms with Crippen molar-refractivity contribution in [1.29, 1.82) is 0 Å². The molecule has 0 aromatic rings. The number of aliphatic hydroxyl groups excluding tert-OH is 1. The van der Waals surface area contributed by atoms with Crippen LogP contribution >= 0.6 is 0 Å². The van der Waals surface area contributed by atoms with Gasteiger partial charge in [0, 0.05) is 0 Å². The first-order valence-corrected chi connectivity index (χ1v) is 5.89. The van der Waals surface area contributed by atoms with E-state index >= 15 is 0 Å². The number of carbonyl (C=O) groups is 2. The molecule has 0 aliphatic rings. The van der Waals surface area contributed by atoms with Gasteiger partial charge in [-0.05, 0) is 19.8 Å². The molecule has 10 N–H and O–H groups in total. The van der Waals surface area contributed by atoms with E-state index in [1.54, 1.807) is 0 Å². The van der Waals surface area contributed by atoms with Crippen LogP contribution in [0, 0.1) is 0 Å². The molecule has 0 rings (SSSR count). The van der Waals surface area contributed by atoms with Gasteiger partial charge in [0.1, 0.15) is 6.10 Å². The highest BCUT2D eigenvalue weighted by molar-refractivity contribution is 5.85. The topological polar surface area (TPSA) is 183 Å². The second-order valence-corrected chi connectivity index (χ2v) is 4.25. The van der Waals surface area contributed by atoms with E-state index in [-0.39, 0.29) is 12.4 Å². The summed E-state index contributed by atoms with van der Waals surface area (Å²) in [5, 5.41) is 22.3. The van der Waals surface area contributed by atoms with E-state index in [2.05, 4.69) is 16.0 Å². The second kappa shape index (κ2) is 8.27. The van der Waals surface area contributed by atoms with Gasteiger partial charge in [-0.3, -0.25) is 21.3 Å². The Hall–Kier alpha value is -1.87. The minimum Gasteiger partial charge on any atom is -0.548 e. The van der Waals surface area contributed by atoms with E-state index in [1.165, 1.54) is 6.92 Å². The molecule has 0 heterocycles. The van der Waals surface area contributed by atoms with Crippen LogP contribution in [0.25, 0.3) is 0 Å². The third-order valence-electron chi connectivity index (χ3n) is 2.52. The number of carbonyl (C=O) groups excluding carboxylic acids is 2. The van der Waals surface area contributed by atoms with Crippen molar-refractivity contribution in [2.75, 3.05) is 6.54 Å². The average molecular weight is 276 g/mol. The zero-order valence-electron chi connectivity index (χ0n) is 10.9. The number of carboxylic acid groups (broad SMARTS) is 1. The van der Waals surface area contributed by atoms with E-state index in [0.717, 1.165) is 0 Å². The molecule has 0 aliphatic carbocycles. The van der Waals surface area contributed by atoms with Crippen molar-refractivity contribution in [2.24, 2.45) is 11.5 Å². The van der Waals surface area contributed by atoms with Gasteiger partial charge >= 0.3 is 5.96 Å². The van der Waals surface area contributed by atoms with Gasteiger partial charge < -0.3 is 26.1 Å². The lowest BCUT2D eigenvalue weighted by atomic mass is 10.1. The molecule has 0 aromatic heterocycles. The molecule has 1 amide bonds. The summed E-state index contributed by atoms with van der Waals surface area (Å²) in [4.78, 5) is 25.1. The minimum atomic E-state index is -1.39. The SMILES string of the molecule is C[C@@H](O)[C@H]([NH3+])C(=O)N[C@@H](CCC[NH+]=C(N)N)C(=O)[O-]. The molecule has 9 heteroatoms. The van der Waals surface area contributed by atoms with E-state index in [0.29, 0.717) is 13.0 Å². The number of aliphatic hydroxyl groups is 1. The summed E-state index contributed by atoms with van der Waals surface area (Å²) >= 11 is 0. The van der Waals surface area contributed by atoms with E-state index in [1.807, 2.05) is 0 Å². The largest absolute Gasteiger partial charge is 0.548 e. The highest BCUT2D eigenvalue weighted by Crippen LogP contribution is 1.96. The van der Waals surface area contributed by atoms with Gasteiger partial charge in [-0.2, -0.15) is 0 Å². The Kier molecular flexibility index (Phi) is 7.46. The Morgan fingerprint density at radius 1 is 1.47 bits per heavy atom. The molecule has 0 radical (unpaired) electrons. The Labute approximate surface area is 110 Å². The number of nitrogens with two attached hydrogens (primary N) is 2. The molecular weight excluding hydrogens is 254 g/mol. The van der Waals surface area contributed by atoms with Crippen LogP contribution in [0.15, 0.2) is 0 Å². The molecule has 0 aliphatic heterocycles. The van der Waals surface area contributed by atoms with Crippen molar-refractivity contribution in [2.45, 2.75) is 38.0 Å². The maximum Gasteiger partial charge on any atom is 0.338 e. The number of hydrogen-bond donors (Lipinski definition) is 6. The fourth-order valence-corrected chi connectivity index (χ4v) is 1.29. The minimum absolute atomic E-state index is 0.0426. The second-order valence-electron chi connectivity index (χ2n) is 4.25. The van der Waals surface area contributed by atoms with Crippen LogP contribution in [0.1, 0.15) is 19.8 Å². The molecule has 0 aromatic carbocycles. The van der Waals surface area contributed by atoms with Gasteiger partial charge in [0.15, 0.2) is 6.04 Å². The summed E-state index contributed by atoms with van der Waals surface area (Å²) in [5.74, 6) is -1.99. The number of carboxylic acids is 1. The van der Waals surface area contributed by atoms with Gasteiger partial charge in [-0.15, -0.1) is 0 Å². The zero-order valence-corrected chi connectivity index (χ0v) is 10.9. The van der Waals surface area contributed by atoms with Crippen molar-refractivity contribution >= 4 is 17.8 Å². The number of rotatable bonds is 8. The number of nitrogens with one attached hydrogen (secondary N) is 2. The predicted octanol–water partition coefficient (Wildman–Crippen LogP) is -6.65. The molecule has 3 atom stereocenters. The summed E-state index contributed by atoms with van der Waals surface area (Å²) < 4.78 is 0. The monoisotopic (exact) mass is 276 g/mol. The Morgan fingerprint density at radius 2 is 2.05 bits per heavy atom. The smallest absolute Gasteiger partial charge is 0.338 e. The molecule has 0 unspecified atom stereocenters. The number of amides is 1. The highest BCUT2D eigenvalue weighted by atomic mass is 16.4. The average Bonchev–Trinajstić information content (AvgIpc) is 2.30. The molecule has 110 valence electrons. The fraction of sp³-hybridized carbons (Fsp3) is 0.700. The molecule has 0 spiro atoms. The third-order valence-corrected chi connectivity index (χ3v) is 2.52. The Morgan fingerprint density at radius 3 is 2.47 bits per heavy atom. The fourth-order valence-electron chi connectivity index (χ4n) is 1.29. The van der Waals surface area contributed by atoms with Crippen LogP contribution in [-0.4, -0.2) is 47.7 Å². The summed E-state index contributed by atoms with van der Waals surface area (Å²) in [6.45, 7) is 1.78. The van der Waals surface area contributed by atoms with Crippen molar-refractivity contribution < 1.29 is 30.5 Å². The van der Waals surface area contributed by atoms with Crippen molar-refractivity contribution in [3.05, 3.63) is 0 Å². The Balaban J connectivity index is 4.31. The number of aliphatic carboxylic acids is 1. The summed E-state index contributed by atoms with van der Waals surface area (Å²) in [6.07, 6.45) is -0.385. The standard InChI is InChI=1S/C10H21N5O4/c1-5(16)7(11)8(17)15-6(9(18)19)3-2-4-14-10(12)13/h5-7,16H,2-4,11H2,1H3,(H,15,17)(H,18,19)(H4,12,13,14)/p+1/t5-,6+,7+/m1/s1. The van der Waals surface area contributed by atoms with Crippen LogP contribution in [0.2, 0.25) is 0 Å². The predicted molar refractivity (Wildman–Crippen MR) is 63.7 cm³/mol. The van der Waals surface area contributed by atoms with Gasteiger partial charge in [0.2, 0.25) is 0 Å². The van der Waals surface area contributed by atoms with Gasteiger partial charge in [0.25, 0.3) is 5.91 Å². The first-order valence-electron chi connectivity index (χ1n) is 5.89. The molecule has 0 fully saturated rings. The van der Waals surface area contributed by atoms with Gasteiger partial charge in [-0.25, -0.2) is 0 Å². The molecule has 0 bridgehead atoms. The summed E-state index contributed by atoms with van der Waals surface area (Å²) in [5.41, 5.74) is 13.8. The first-order chi connectivity index (χ1) is 8.75. The van der Waals surface area contributed by atoms with Crippen LogP contribution in [-0.2, 0) is 9.59 Å². The van der Waals surface area contributed by atoms with E-state index in [9.17, 15) is 19.8 Å². The zero-order chi connectivity index (χ0) is 15.0. The number of quaternary nitrogens is 1. The van der Waals surface area contributed by atoms with Crippen molar-refractivity contribution in [3.8, 4) is 0 Å². The lowest BCUT2D eigenvalue weighted by Gasteiger charge is -2.21. The highest BCUT2D eigenvalue weighted by Gasteiger charge is 2.25. The first kappa shape index (κ1) is 17.1. The normalized spacial score (nSPS) is 15.1. The lowest BCUT2D eigenvalue weighted by molar-refractivity contribution is -0.459. The maximum absolute atomic E-state index is 11.6. The maximum atomic E-state index is 11.6. The van der Waals surface area contributed by atoms with Gasteiger partial charge in [-0.1, -0.05) is 0 Å². The number of guanidine groups is 1. The van der Waals surface area contributed by atoms with Crippen molar-refractivity contribution in [3.63, 3.8) is 0 Å². The van der Waals surface area contributed by atoms with E-state index in [4.69, 9.17) is 11.5 Å². The molecule has 19 heavy (non-hydrogen) atoms. The van der Waals surface area contributed by atoms with Gasteiger partial charge in [0.05, 0.1) is 18.6 Å². The van der Waals surface area contributed by atoms with Crippen LogP contribution in [0.5, 0.6) is 0 Å². The van der Waals surface area contributed by atoms with Crippen LogP contribution in [0.3, 0.4) is 0 Å². The van der Waals surface area contributed by atoms with Crippen LogP contribution < -0.4 is 32.6 Å². The molecular formula is C10H22N5O4+. The van der Waals surface area contributed by atoms with Crippen LogP contribution in [0.4, 0.5) is 0 Å². The van der Waals surface area contributed by atoms with E-state index < -0.39 is 30.1 Å². The number of hydrogen-bond acceptors (Lipinski definition) is 4.